The number of rotatable bonds is 18. The third-order valence-corrected chi connectivity index (χ3v) is 5.98. The molecule has 0 saturated carbocycles. The molecule has 0 rings (SSSR count). The van der Waals surface area contributed by atoms with Gasteiger partial charge < -0.3 is 19.8 Å². The molecule has 0 fully saturated rings. The molecule has 0 aliphatic heterocycles. The fraction of sp³-hybridized carbons (Fsp3) is 0.783. The van der Waals surface area contributed by atoms with Crippen LogP contribution in [-0.4, -0.2) is 63.9 Å². The summed E-state index contributed by atoms with van der Waals surface area (Å²) < 4.78 is 0.171. The monoisotopic (exact) mass is 428 g/mol. The van der Waals surface area contributed by atoms with Gasteiger partial charge in [-0.05, 0) is 38.2 Å². The Labute approximate surface area is 181 Å². The lowest BCUT2D eigenvalue weighted by molar-refractivity contribution is -0.929. The van der Waals surface area contributed by atoms with Crippen molar-refractivity contribution < 1.29 is 34.2 Å². The van der Waals surface area contributed by atoms with Crippen LogP contribution in [0.2, 0.25) is 0 Å². The summed E-state index contributed by atoms with van der Waals surface area (Å²) in [6, 6.07) is 0. The molecule has 0 spiro atoms. The van der Waals surface area contributed by atoms with Crippen LogP contribution in [0.25, 0.3) is 0 Å². The number of hydrogen-bond donors (Lipinski definition) is 3. The van der Waals surface area contributed by atoms with E-state index in [-0.39, 0.29) is 24.1 Å². The van der Waals surface area contributed by atoms with Gasteiger partial charge in [-0.15, -0.1) is 0 Å². The molecule has 7 heteroatoms. The average Bonchev–Trinajstić information content (AvgIpc) is 2.70. The molecule has 0 aliphatic rings. The summed E-state index contributed by atoms with van der Waals surface area (Å²) in [5.41, 5.74) is 0. The van der Waals surface area contributed by atoms with Gasteiger partial charge >= 0.3 is 17.9 Å². The van der Waals surface area contributed by atoms with Crippen molar-refractivity contribution in [3.8, 4) is 0 Å². The quantitative estimate of drug-likeness (QED) is 0.171. The fourth-order valence-corrected chi connectivity index (χ4v) is 3.92. The van der Waals surface area contributed by atoms with Crippen LogP contribution in [-0.2, 0) is 14.4 Å². The number of carbonyl (C=O) groups is 3. The van der Waals surface area contributed by atoms with Crippen LogP contribution in [0.4, 0.5) is 0 Å². The first-order valence-corrected chi connectivity index (χ1v) is 11.3. The summed E-state index contributed by atoms with van der Waals surface area (Å²) in [5, 5.41) is 28.9. The zero-order valence-electron chi connectivity index (χ0n) is 19.2. The Morgan fingerprint density at radius 2 is 1.10 bits per heavy atom. The van der Waals surface area contributed by atoms with E-state index in [2.05, 4.69) is 13.0 Å². The van der Waals surface area contributed by atoms with Crippen molar-refractivity contribution >= 4 is 17.9 Å². The van der Waals surface area contributed by atoms with E-state index in [1.807, 2.05) is 6.08 Å². The first kappa shape index (κ1) is 28.1. The van der Waals surface area contributed by atoms with E-state index in [1.54, 1.807) is 20.8 Å². The minimum absolute atomic E-state index is 0.171. The highest BCUT2D eigenvalue weighted by atomic mass is 16.4. The standard InChI is InChI=1S/C23H41NO6/c1-5-9-10-11-12-13-14-24(15-18(6-2)21(25)26,16-19(7-3)22(27)28)17-20(8-4)23(29)30/h12-13,18-20H,5-11,14-17H2,1-4H3,(H2-,25,26,27,28,29,30)/p+1/b13-12+. The molecule has 0 heterocycles. The minimum atomic E-state index is -0.918. The van der Waals surface area contributed by atoms with Crippen LogP contribution in [0.15, 0.2) is 12.2 Å². The van der Waals surface area contributed by atoms with E-state index in [0.717, 1.165) is 25.7 Å². The molecular weight excluding hydrogens is 386 g/mol. The zero-order chi connectivity index (χ0) is 23.2. The average molecular weight is 429 g/mol. The predicted octanol–water partition coefficient (Wildman–Crippen LogP) is 4.27. The van der Waals surface area contributed by atoms with Crippen LogP contribution in [0.5, 0.6) is 0 Å². The van der Waals surface area contributed by atoms with E-state index >= 15 is 0 Å². The van der Waals surface area contributed by atoms with Crippen molar-refractivity contribution in [2.24, 2.45) is 17.8 Å². The molecule has 3 N–H and O–H groups in total. The SMILES string of the molecule is CCCCC/C=C/C[N+](CC(CC)C(=O)O)(CC(CC)C(=O)O)CC(CC)C(=O)O. The zero-order valence-corrected chi connectivity index (χ0v) is 19.2. The Morgan fingerprint density at radius 3 is 1.40 bits per heavy atom. The lowest BCUT2D eigenvalue weighted by atomic mass is 9.96. The van der Waals surface area contributed by atoms with Crippen LogP contribution < -0.4 is 0 Å². The van der Waals surface area contributed by atoms with Gasteiger partial charge in [0.05, 0.1) is 26.2 Å². The predicted molar refractivity (Wildman–Crippen MR) is 117 cm³/mol. The van der Waals surface area contributed by atoms with Crippen molar-refractivity contribution in [2.75, 3.05) is 26.2 Å². The van der Waals surface area contributed by atoms with Gasteiger partial charge in [0.1, 0.15) is 17.8 Å². The number of allylic oxidation sites excluding steroid dienone is 1. The van der Waals surface area contributed by atoms with E-state index in [1.165, 1.54) is 0 Å². The summed E-state index contributed by atoms with van der Waals surface area (Å²) in [6.45, 7) is 8.70. The molecule has 7 nitrogen and oxygen atoms in total. The molecule has 3 atom stereocenters. The Hall–Kier alpha value is -1.89. The number of carboxylic acids is 3. The van der Waals surface area contributed by atoms with Gasteiger partial charge in [0, 0.05) is 0 Å². The molecule has 0 aliphatic carbocycles. The molecule has 30 heavy (non-hydrogen) atoms. The van der Waals surface area contributed by atoms with Crippen molar-refractivity contribution in [3.63, 3.8) is 0 Å². The number of aliphatic carboxylic acids is 3. The Kier molecular flexibility index (Phi) is 14.0. The summed E-state index contributed by atoms with van der Waals surface area (Å²) in [5.74, 6) is -4.68. The number of nitrogens with zero attached hydrogens (tertiary/aromatic N) is 1. The maximum Gasteiger partial charge on any atom is 0.312 e. The molecule has 174 valence electrons. The number of quaternary nitrogens is 1. The molecule has 0 amide bonds. The van der Waals surface area contributed by atoms with Crippen molar-refractivity contribution in [1.29, 1.82) is 0 Å². The van der Waals surface area contributed by atoms with Crippen LogP contribution in [0, 0.1) is 17.8 Å². The lowest BCUT2D eigenvalue weighted by Gasteiger charge is -2.42. The first-order valence-electron chi connectivity index (χ1n) is 11.3. The van der Waals surface area contributed by atoms with E-state index in [9.17, 15) is 29.7 Å². The molecule has 0 aromatic rings. The van der Waals surface area contributed by atoms with Crippen LogP contribution in [0.1, 0.15) is 72.6 Å². The van der Waals surface area contributed by atoms with Crippen molar-refractivity contribution in [1.82, 2.24) is 0 Å². The van der Waals surface area contributed by atoms with E-state index in [4.69, 9.17) is 0 Å². The van der Waals surface area contributed by atoms with Gasteiger partial charge in [0.15, 0.2) is 0 Å². The second-order valence-corrected chi connectivity index (χ2v) is 8.37. The van der Waals surface area contributed by atoms with Crippen LogP contribution >= 0.6 is 0 Å². The molecular formula is C23H42NO6+. The Balaban J connectivity index is 5.96. The largest absolute Gasteiger partial charge is 0.481 e. The second-order valence-electron chi connectivity index (χ2n) is 8.37. The highest BCUT2D eigenvalue weighted by molar-refractivity contribution is 5.71. The maximum absolute atomic E-state index is 11.8. The highest BCUT2D eigenvalue weighted by Gasteiger charge is 2.39. The van der Waals surface area contributed by atoms with Gasteiger partial charge in [-0.25, -0.2) is 0 Å². The second kappa shape index (κ2) is 15.0. The third kappa shape index (κ3) is 10.2. The van der Waals surface area contributed by atoms with Crippen molar-refractivity contribution in [3.05, 3.63) is 12.2 Å². The first-order chi connectivity index (χ1) is 14.2. The minimum Gasteiger partial charge on any atom is -0.481 e. The van der Waals surface area contributed by atoms with Gasteiger partial charge in [0.2, 0.25) is 0 Å². The Bertz CT molecular complexity index is 500. The highest BCUT2D eigenvalue weighted by Crippen LogP contribution is 2.24. The van der Waals surface area contributed by atoms with Crippen LogP contribution in [0.3, 0.4) is 0 Å². The maximum atomic E-state index is 11.8. The summed E-state index contributed by atoms with van der Waals surface area (Å²) in [7, 11) is 0. The topological polar surface area (TPSA) is 112 Å². The summed E-state index contributed by atoms with van der Waals surface area (Å²) in [6.07, 6.45) is 9.56. The normalized spacial score (nSPS) is 16.7. The number of unbranched alkanes of at least 4 members (excludes halogenated alkanes) is 3. The van der Waals surface area contributed by atoms with E-state index < -0.39 is 35.7 Å². The van der Waals surface area contributed by atoms with Gasteiger partial charge in [0.25, 0.3) is 0 Å². The fourth-order valence-electron chi connectivity index (χ4n) is 3.92. The van der Waals surface area contributed by atoms with Gasteiger partial charge in [-0.1, -0.05) is 46.6 Å². The molecule has 0 aromatic heterocycles. The summed E-state index contributed by atoms with van der Waals surface area (Å²) >= 11 is 0. The lowest BCUT2D eigenvalue weighted by Crippen LogP contribution is -2.58. The number of carboxylic acid groups (broad SMARTS) is 3. The van der Waals surface area contributed by atoms with E-state index in [0.29, 0.717) is 25.8 Å². The summed E-state index contributed by atoms with van der Waals surface area (Å²) in [4.78, 5) is 35.3. The Morgan fingerprint density at radius 1 is 0.700 bits per heavy atom. The smallest absolute Gasteiger partial charge is 0.312 e. The third-order valence-electron chi connectivity index (χ3n) is 5.98. The molecule has 0 aromatic carbocycles. The molecule has 0 radical (unpaired) electrons. The van der Waals surface area contributed by atoms with Gasteiger partial charge in [-0.3, -0.25) is 14.4 Å². The van der Waals surface area contributed by atoms with Crippen molar-refractivity contribution in [2.45, 2.75) is 72.6 Å². The molecule has 0 bridgehead atoms. The number of hydrogen-bond acceptors (Lipinski definition) is 3. The molecule has 0 saturated heterocycles. The van der Waals surface area contributed by atoms with Gasteiger partial charge in [-0.2, -0.15) is 0 Å². The molecule has 3 unspecified atom stereocenters.